The molecule has 0 radical (unpaired) electrons. The Labute approximate surface area is 144 Å². The monoisotopic (exact) mass is 342 g/mol. The van der Waals surface area contributed by atoms with Crippen molar-refractivity contribution in [1.82, 2.24) is 0 Å². The molecule has 1 saturated carbocycles. The minimum atomic E-state index is -0.933. The minimum absolute atomic E-state index is 0.0477. The fraction of sp³-hybridized carbons (Fsp3) is 0.278. The van der Waals surface area contributed by atoms with Crippen molar-refractivity contribution in [2.45, 2.75) is 25.7 Å². The molecule has 130 valence electrons. The number of carbonyl (C=O) groups is 3. The third-order valence-electron chi connectivity index (χ3n) is 4.45. The summed E-state index contributed by atoms with van der Waals surface area (Å²) >= 11 is 0. The molecule has 3 rings (SSSR count). The maximum Gasteiger partial charge on any atom is 0.310 e. The van der Waals surface area contributed by atoms with Gasteiger partial charge in [0.25, 0.3) is 5.91 Å². The summed E-state index contributed by atoms with van der Waals surface area (Å²) in [7, 11) is 0. The van der Waals surface area contributed by atoms with E-state index in [1.807, 2.05) is 0 Å². The molecular weight excluding hydrogens is 324 g/mol. The molecule has 7 heteroatoms. The molecule has 1 aliphatic carbocycles. The van der Waals surface area contributed by atoms with Gasteiger partial charge in [-0.05, 0) is 37.1 Å². The number of carbonyl (C=O) groups excluding carboxylic acids is 2. The first-order valence-corrected chi connectivity index (χ1v) is 7.95. The molecule has 0 unspecified atom stereocenters. The molecule has 0 atom stereocenters. The second-order valence-electron chi connectivity index (χ2n) is 6.21. The van der Waals surface area contributed by atoms with E-state index in [4.69, 9.17) is 4.42 Å². The van der Waals surface area contributed by atoms with Gasteiger partial charge in [-0.25, -0.2) is 0 Å². The van der Waals surface area contributed by atoms with E-state index in [-0.39, 0.29) is 18.2 Å². The Morgan fingerprint density at radius 2 is 1.84 bits per heavy atom. The number of carboxylic acids is 1. The van der Waals surface area contributed by atoms with Crippen LogP contribution in [-0.2, 0) is 9.59 Å². The van der Waals surface area contributed by atoms with E-state index in [0.717, 1.165) is 6.42 Å². The first-order valence-electron chi connectivity index (χ1n) is 7.95. The van der Waals surface area contributed by atoms with Crippen molar-refractivity contribution in [2.75, 3.05) is 10.6 Å². The smallest absolute Gasteiger partial charge is 0.310 e. The number of benzene rings is 1. The molecule has 1 fully saturated rings. The maximum atomic E-state index is 12.2. The molecule has 0 bridgehead atoms. The summed E-state index contributed by atoms with van der Waals surface area (Å²) in [6.45, 7) is 0. The molecule has 0 spiro atoms. The van der Waals surface area contributed by atoms with Crippen molar-refractivity contribution in [1.29, 1.82) is 0 Å². The Kier molecular flexibility index (Phi) is 4.56. The number of hydrogen-bond acceptors (Lipinski definition) is 4. The van der Waals surface area contributed by atoms with Crippen LogP contribution < -0.4 is 10.6 Å². The summed E-state index contributed by atoms with van der Waals surface area (Å²) in [6, 6.07) is 8.23. The fourth-order valence-corrected chi connectivity index (χ4v) is 2.85. The van der Waals surface area contributed by atoms with Crippen LogP contribution in [0.2, 0.25) is 0 Å². The zero-order valence-electron chi connectivity index (χ0n) is 13.5. The average molecular weight is 342 g/mol. The highest BCUT2D eigenvalue weighted by molar-refractivity contribution is 6.04. The van der Waals surface area contributed by atoms with Crippen LogP contribution in [0.15, 0.2) is 47.3 Å². The summed E-state index contributed by atoms with van der Waals surface area (Å²) in [5.74, 6) is -1.59. The van der Waals surface area contributed by atoms with Crippen LogP contribution in [0.3, 0.4) is 0 Å². The first kappa shape index (κ1) is 16.8. The van der Waals surface area contributed by atoms with Gasteiger partial charge in [-0.15, -0.1) is 0 Å². The van der Waals surface area contributed by atoms with Crippen molar-refractivity contribution in [3.63, 3.8) is 0 Å². The van der Waals surface area contributed by atoms with Gasteiger partial charge < -0.3 is 20.2 Å². The van der Waals surface area contributed by atoms with Crippen LogP contribution in [0.1, 0.15) is 36.0 Å². The first-order chi connectivity index (χ1) is 12.0. The zero-order chi connectivity index (χ0) is 17.9. The Bertz CT molecular complexity index is 794. The molecule has 1 aromatic heterocycles. The van der Waals surface area contributed by atoms with E-state index >= 15 is 0 Å². The van der Waals surface area contributed by atoms with Gasteiger partial charge in [-0.1, -0.05) is 12.5 Å². The van der Waals surface area contributed by atoms with Gasteiger partial charge in [-0.3, -0.25) is 14.4 Å². The summed E-state index contributed by atoms with van der Waals surface area (Å²) in [6.07, 6.45) is 4.57. The minimum Gasteiger partial charge on any atom is -0.481 e. The molecule has 3 N–H and O–H groups in total. The lowest BCUT2D eigenvalue weighted by Crippen LogP contribution is -2.41. The topological polar surface area (TPSA) is 109 Å². The molecule has 0 aliphatic heterocycles. The van der Waals surface area contributed by atoms with Crippen LogP contribution in [0.25, 0.3) is 0 Å². The number of nitrogens with one attached hydrogen (secondary N) is 2. The Morgan fingerprint density at radius 1 is 1.12 bits per heavy atom. The van der Waals surface area contributed by atoms with Crippen LogP contribution in [-0.4, -0.2) is 22.9 Å². The van der Waals surface area contributed by atoms with Crippen molar-refractivity contribution in [3.8, 4) is 0 Å². The zero-order valence-corrected chi connectivity index (χ0v) is 13.5. The highest BCUT2D eigenvalue weighted by Gasteiger charge is 2.45. The van der Waals surface area contributed by atoms with Gasteiger partial charge in [0.15, 0.2) is 0 Å². The molecule has 1 heterocycles. The van der Waals surface area contributed by atoms with Crippen LogP contribution >= 0.6 is 0 Å². The Morgan fingerprint density at radius 3 is 2.40 bits per heavy atom. The quantitative estimate of drug-likeness (QED) is 0.747. The summed E-state index contributed by atoms with van der Waals surface area (Å²) in [5.41, 5.74) is 0.468. The van der Waals surface area contributed by atoms with Gasteiger partial charge in [-0.2, -0.15) is 0 Å². The van der Waals surface area contributed by atoms with Gasteiger partial charge in [0, 0.05) is 17.8 Å². The van der Waals surface area contributed by atoms with Crippen LogP contribution in [0.5, 0.6) is 0 Å². The van der Waals surface area contributed by atoms with E-state index in [0.29, 0.717) is 29.8 Å². The van der Waals surface area contributed by atoms with Crippen molar-refractivity contribution < 1.29 is 23.9 Å². The van der Waals surface area contributed by atoms with Gasteiger partial charge in [0.1, 0.15) is 6.26 Å². The highest BCUT2D eigenvalue weighted by Crippen LogP contribution is 2.44. The van der Waals surface area contributed by atoms with Crippen molar-refractivity contribution in [2.24, 2.45) is 5.41 Å². The van der Waals surface area contributed by atoms with Gasteiger partial charge >= 0.3 is 5.97 Å². The second kappa shape index (κ2) is 6.80. The lowest BCUT2D eigenvalue weighted by atomic mass is 9.66. The normalized spacial score (nSPS) is 15.0. The predicted octanol–water partition coefficient (Wildman–Crippen LogP) is 3.12. The predicted molar refractivity (Wildman–Crippen MR) is 90.3 cm³/mol. The van der Waals surface area contributed by atoms with Gasteiger partial charge in [0.2, 0.25) is 5.91 Å². The van der Waals surface area contributed by atoms with E-state index in [1.165, 1.54) is 12.5 Å². The standard InChI is InChI=1S/C18H18N2O5/c21-15(10-18(17(23)24)6-2-7-18)19-13-3-1-4-14(9-13)20-16(22)12-5-8-25-11-12/h1,3-5,8-9,11H,2,6-7,10H2,(H,19,21)(H,20,22)(H,23,24). The van der Waals surface area contributed by atoms with E-state index in [1.54, 1.807) is 30.3 Å². The third-order valence-corrected chi connectivity index (χ3v) is 4.45. The number of anilines is 2. The molecule has 25 heavy (non-hydrogen) atoms. The lowest BCUT2D eigenvalue weighted by Gasteiger charge is -2.36. The summed E-state index contributed by atoms with van der Waals surface area (Å²) in [5, 5.41) is 14.7. The Balaban J connectivity index is 1.62. The number of furan rings is 1. The third kappa shape index (κ3) is 3.71. The molecule has 7 nitrogen and oxygen atoms in total. The lowest BCUT2D eigenvalue weighted by molar-refractivity contribution is -0.157. The molecule has 1 aliphatic rings. The summed E-state index contributed by atoms with van der Waals surface area (Å²) in [4.78, 5) is 35.5. The molecule has 2 amide bonds. The van der Waals surface area contributed by atoms with Gasteiger partial charge in [0.05, 0.1) is 17.2 Å². The largest absolute Gasteiger partial charge is 0.481 e. The molecule has 1 aromatic carbocycles. The number of amides is 2. The maximum absolute atomic E-state index is 12.2. The second-order valence-corrected chi connectivity index (χ2v) is 6.21. The molecular formula is C18H18N2O5. The highest BCUT2D eigenvalue weighted by atomic mass is 16.4. The van der Waals surface area contributed by atoms with Crippen LogP contribution in [0.4, 0.5) is 11.4 Å². The summed E-state index contributed by atoms with van der Waals surface area (Å²) < 4.78 is 4.87. The number of hydrogen-bond donors (Lipinski definition) is 3. The number of rotatable bonds is 6. The van der Waals surface area contributed by atoms with E-state index in [9.17, 15) is 19.5 Å². The SMILES string of the molecule is O=C(CC1(C(=O)O)CCC1)Nc1cccc(NC(=O)c2ccoc2)c1. The number of carboxylic acid groups (broad SMARTS) is 1. The molecule has 2 aromatic rings. The van der Waals surface area contributed by atoms with Crippen molar-refractivity contribution >= 4 is 29.2 Å². The molecule has 0 saturated heterocycles. The number of aliphatic carboxylic acids is 1. The van der Waals surface area contributed by atoms with E-state index in [2.05, 4.69) is 10.6 Å². The fourth-order valence-electron chi connectivity index (χ4n) is 2.85. The Hall–Kier alpha value is -3.09. The van der Waals surface area contributed by atoms with E-state index < -0.39 is 11.4 Å². The average Bonchev–Trinajstić information content (AvgIpc) is 3.05. The van der Waals surface area contributed by atoms with Crippen LogP contribution in [0, 0.1) is 5.41 Å². The van der Waals surface area contributed by atoms with Crippen molar-refractivity contribution in [3.05, 3.63) is 48.4 Å².